The molecule has 42 heavy (non-hydrogen) atoms. The minimum absolute atomic E-state index is 0.0570. The summed E-state index contributed by atoms with van der Waals surface area (Å²) in [5, 5.41) is 9.11. The Morgan fingerprint density at radius 1 is 1.05 bits per heavy atom. The second-order valence-electron chi connectivity index (χ2n) is 13.1. The maximum Gasteiger partial charge on any atom is 0.311 e. The first kappa shape index (κ1) is 32.6. The summed E-state index contributed by atoms with van der Waals surface area (Å²) < 4.78 is 10.6. The van der Waals surface area contributed by atoms with Crippen LogP contribution in [0.5, 0.6) is 5.75 Å². The Morgan fingerprint density at radius 2 is 1.76 bits per heavy atom. The van der Waals surface area contributed by atoms with Gasteiger partial charge in [0.2, 0.25) is 11.8 Å². The van der Waals surface area contributed by atoms with Crippen molar-refractivity contribution >= 4 is 40.4 Å². The molecule has 0 bridgehead atoms. The van der Waals surface area contributed by atoms with E-state index in [-0.39, 0.29) is 29.9 Å². The van der Waals surface area contributed by atoms with E-state index in [0.29, 0.717) is 24.2 Å². The number of rotatable bonds is 11. The number of nitrogens with one attached hydrogen (secondary N) is 4. The molecule has 2 heterocycles. The van der Waals surface area contributed by atoms with Gasteiger partial charge < -0.3 is 30.4 Å². The van der Waals surface area contributed by atoms with Gasteiger partial charge in [0.15, 0.2) is 12.4 Å². The maximum atomic E-state index is 13.7. The largest absolute Gasteiger partial charge is 0.496 e. The molecule has 230 valence electrons. The van der Waals surface area contributed by atoms with Gasteiger partial charge in [0.05, 0.1) is 18.6 Å². The highest BCUT2D eigenvalue weighted by Gasteiger charge is 2.35. The Labute approximate surface area is 246 Å². The summed E-state index contributed by atoms with van der Waals surface area (Å²) in [6.07, 6.45) is 1.65. The van der Waals surface area contributed by atoms with E-state index in [1.807, 2.05) is 26.8 Å². The number of carbonyl (C=O) groups is 5. The van der Waals surface area contributed by atoms with E-state index in [9.17, 15) is 24.0 Å². The molecule has 1 aliphatic rings. The number of piperidine rings is 1. The smallest absolute Gasteiger partial charge is 0.311 e. The van der Waals surface area contributed by atoms with E-state index in [0.717, 1.165) is 11.8 Å². The van der Waals surface area contributed by atoms with Gasteiger partial charge in [-0.25, -0.2) is 0 Å². The van der Waals surface area contributed by atoms with Crippen molar-refractivity contribution in [2.45, 2.75) is 79.3 Å². The van der Waals surface area contributed by atoms with Crippen molar-refractivity contribution in [1.82, 2.24) is 20.9 Å². The van der Waals surface area contributed by atoms with Gasteiger partial charge >= 0.3 is 5.97 Å². The molecule has 0 radical (unpaired) electrons. The van der Waals surface area contributed by atoms with Crippen molar-refractivity contribution in [2.24, 2.45) is 16.7 Å². The third-order valence-corrected chi connectivity index (χ3v) is 7.11. The number of carbonyl (C=O) groups excluding carboxylic acids is 5. The standard InChI is InChI=1S/C31H44N4O7/c1-30(2,3)16-23(35-27(38)22-15-19-20(33-22)11-8-12-25(19)41-7)28(39)34-21(14-18-10-9-13-32-26(18)37)24(36)17-42-29(40)31(4,5)6/h8,11-12,15,18,21,23,33H,9-10,13-14,16-17H2,1-7H3,(H,32,37)(H,34,39)(H,35,38)/t18-,21-,23-/m0/s1. The topological polar surface area (TPSA) is 156 Å². The summed E-state index contributed by atoms with van der Waals surface area (Å²) >= 11 is 0. The summed E-state index contributed by atoms with van der Waals surface area (Å²) in [6, 6.07) is 4.99. The average molecular weight is 585 g/mol. The molecule has 0 saturated carbocycles. The zero-order valence-electron chi connectivity index (χ0n) is 25.6. The molecule has 3 rings (SSSR count). The number of Topliss-reactive ketones (excluding diaryl/α,β-unsaturated/α-hetero) is 1. The van der Waals surface area contributed by atoms with Crippen LogP contribution in [0, 0.1) is 16.7 Å². The first-order valence-corrected chi connectivity index (χ1v) is 14.3. The molecule has 11 heteroatoms. The summed E-state index contributed by atoms with van der Waals surface area (Å²) in [6.45, 7) is 10.9. The molecule has 1 aromatic heterocycles. The molecule has 1 aliphatic heterocycles. The fraction of sp³-hybridized carbons (Fsp3) is 0.581. The quantitative estimate of drug-likeness (QED) is 0.295. The van der Waals surface area contributed by atoms with Crippen LogP contribution in [-0.4, -0.2) is 66.8 Å². The lowest BCUT2D eigenvalue weighted by Crippen LogP contribution is -2.54. The number of aromatic amines is 1. The Morgan fingerprint density at radius 3 is 2.38 bits per heavy atom. The lowest BCUT2D eigenvalue weighted by atomic mass is 9.87. The van der Waals surface area contributed by atoms with E-state index < -0.39 is 53.6 Å². The molecule has 1 saturated heterocycles. The molecule has 0 spiro atoms. The number of aromatic nitrogens is 1. The number of H-pyrrole nitrogens is 1. The highest BCUT2D eigenvalue weighted by Crippen LogP contribution is 2.27. The third-order valence-electron chi connectivity index (χ3n) is 7.11. The molecule has 0 aliphatic carbocycles. The number of esters is 1. The van der Waals surface area contributed by atoms with E-state index in [2.05, 4.69) is 20.9 Å². The van der Waals surface area contributed by atoms with Crippen molar-refractivity contribution in [2.75, 3.05) is 20.3 Å². The summed E-state index contributed by atoms with van der Waals surface area (Å²) in [5.74, 6) is -2.20. The predicted molar refractivity (Wildman–Crippen MR) is 158 cm³/mol. The molecule has 3 amide bonds. The Balaban J connectivity index is 1.82. The van der Waals surface area contributed by atoms with E-state index in [4.69, 9.17) is 9.47 Å². The number of methoxy groups -OCH3 is 1. The number of hydrogen-bond acceptors (Lipinski definition) is 7. The molecule has 4 N–H and O–H groups in total. The van der Waals surface area contributed by atoms with Crippen molar-refractivity contribution in [3.8, 4) is 5.75 Å². The molecule has 0 unspecified atom stereocenters. The molecular formula is C31H44N4O7. The zero-order chi connectivity index (χ0) is 31.2. The SMILES string of the molecule is COc1cccc2[nH]c(C(=O)N[C@@H](CC(C)(C)C)C(=O)N[C@@H](C[C@@H]3CCCNC3=O)C(=O)COC(=O)C(C)(C)C)cc12. The lowest BCUT2D eigenvalue weighted by molar-refractivity contribution is -0.156. The monoisotopic (exact) mass is 584 g/mol. The van der Waals surface area contributed by atoms with Crippen LogP contribution in [-0.2, 0) is 23.9 Å². The van der Waals surface area contributed by atoms with Crippen LogP contribution in [0.25, 0.3) is 10.9 Å². The second kappa shape index (κ2) is 13.4. The minimum Gasteiger partial charge on any atom is -0.496 e. The van der Waals surface area contributed by atoms with Gasteiger partial charge in [0.25, 0.3) is 5.91 Å². The van der Waals surface area contributed by atoms with E-state index in [1.165, 1.54) is 0 Å². The number of fused-ring (bicyclic) bond motifs is 1. The van der Waals surface area contributed by atoms with Gasteiger partial charge in [-0.15, -0.1) is 0 Å². The van der Waals surface area contributed by atoms with Crippen LogP contribution >= 0.6 is 0 Å². The number of hydrogen-bond donors (Lipinski definition) is 4. The van der Waals surface area contributed by atoms with Crippen LogP contribution in [0.4, 0.5) is 0 Å². The number of ketones is 1. The van der Waals surface area contributed by atoms with E-state index in [1.54, 1.807) is 46.1 Å². The van der Waals surface area contributed by atoms with Gasteiger partial charge in [0, 0.05) is 23.4 Å². The van der Waals surface area contributed by atoms with Crippen LogP contribution in [0.15, 0.2) is 24.3 Å². The van der Waals surface area contributed by atoms with Crippen molar-refractivity contribution in [3.63, 3.8) is 0 Å². The number of amides is 3. The predicted octanol–water partition coefficient (Wildman–Crippen LogP) is 3.27. The first-order chi connectivity index (χ1) is 19.6. The zero-order valence-corrected chi connectivity index (χ0v) is 25.6. The molecule has 3 atom stereocenters. The Hall–Kier alpha value is -3.89. The normalized spacial score (nSPS) is 17.1. The fourth-order valence-corrected chi connectivity index (χ4v) is 4.83. The summed E-state index contributed by atoms with van der Waals surface area (Å²) in [7, 11) is 1.55. The van der Waals surface area contributed by atoms with Crippen LogP contribution in [0.1, 0.15) is 77.7 Å². The van der Waals surface area contributed by atoms with Crippen LogP contribution in [0.3, 0.4) is 0 Å². The molecule has 2 aromatic rings. The van der Waals surface area contributed by atoms with Gasteiger partial charge in [0.1, 0.15) is 17.5 Å². The van der Waals surface area contributed by atoms with E-state index >= 15 is 0 Å². The van der Waals surface area contributed by atoms with Gasteiger partial charge in [-0.05, 0) is 70.1 Å². The Bertz CT molecular complexity index is 1320. The summed E-state index contributed by atoms with van der Waals surface area (Å²) in [5.41, 5.74) is -0.208. The highest BCUT2D eigenvalue weighted by molar-refractivity contribution is 6.02. The average Bonchev–Trinajstić information content (AvgIpc) is 3.35. The maximum absolute atomic E-state index is 13.7. The van der Waals surface area contributed by atoms with Crippen molar-refractivity contribution < 1.29 is 33.4 Å². The molecule has 1 fully saturated rings. The minimum atomic E-state index is -1.09. The van der Waals surface area contributed by atoms with Crippen molar-refractivity contribution in [3.05, 3.63) is 30.0 Å². The number of ether oxygens (including phenoxy) is 2. The molecular weight excluding hydrogens is 540 g/mol. The second-order valence-corrected chi connectivity index (χ2v) is 13.1. The summed E-state index contributed by atoms with van der Waals surface area (Å²) in [4.78, 5) is 68.1. The Kier molecular flexibility index (Phi) is 10.4. The first-order valence-electron chi connectivity index (χ1n) is 14.3. The van der Waals surface area contributed by atoms with Crippen molar-refractivity contribution in [1.29, 1.82) is 0 Å². The van der Waals surface area contributed by atoms with Crippen LogP contribution in [0.2, 0.25) is 0 Å². The van der Waals surface area contributed by atoms with Gasteiger partial charge in [-0.1, -0.05) is 26.8 Å². The molecule has 11 nitrogen and oxygen atoms in total. The fourth-order valence-electron chi connectivity index (χ4n) is 4.83. The van der Waals surface area contributed by atoms with Crippen LogP contribution < -0.4 is 20.7 Å². The molecule has 1 aromatic carbocycles. The lowest BCUT2D eigenvalue weighted by Gasteiger charge is -2.30. The van der Waals surface area contributed by atoms with Gasteiger partial charge in [-0.3, -0.25) is 24.0 Å². The van der Waals surface area contributed by atoms with Gasteiger partial charge in [-0.2, -0.15) is 0 Å². The number of benzene rings is 1. The third kappa shape index (κ3) is 8.80. The highest BCUT2D eigenvalue weighted by atomic mass is 16.5.